The number of hydrazone groups is 1. The smallest absolute Gasteiger partial charge is 0.343 e. The van der Waals surface area contributed by atoms with Crippen molar-refractivity contribution < 1.29 is 14.3 Å². The number of nitrogens with one attached hydrogen (secondary N) is 2. The van der Waals surface area contributed by atoms with E-state index in [1.807, 2.05) is 24.3 Å². The number of carbonyl (C=O) groups is 1. The van der Waals surface area contributed by atoms with Crippen molar-refractivity contribution in [1.82, 2.24) is 10.2 Å². The zero-order valence-electron chi connectivity index (χ0n) is 12.7. The molecule has 0 saturated carbocycles. The van der Waals surface area contributed by atoms with Crippen molar-refractivity contribution in [3.8, 4) is 5.75 Å². The van der Waals surface area contributed by atoms with Gasteiger partial charge in [0.15, 0.2) is 5.82 Å². The zero-order chi connectivity index (χ0) is 15.9. The molecule has 0 saturated heterocycles. The van der Waals surface area contributed by atoms with E-state index in [1.165, 1.54) is 0 Å². The minimum absolute atomic E-state index is 0.304. The largest absolute Gasteiger partial charge is 0.497 e. The van der Waals surface area contributed by atoms with Gasteiger partial charge in [-0.1, -0.05) is 0 Å². The van der Waals surface area contributed by atoms with Crippen molar-refractivity contribution in [2.24, 2.45) is 5.10 Å². The van der Waals surface area contributed by atoms with Gasteiger partial charge in [0, 0.05) is 5.69 Å². The Morgan fingerprint density at radius 2 is 2.14 bits per heavy atom. The third-order valence-corrected chi connectivity index (χ3v) is 2.93. The first-order valence-electron chi connectivity index (χ1n) is 6.81. The van der Waals surface area contributed by atoms with Crippen molar-refractivity contribution in [1.29, 1.82) is 0 Å². The molecule has 22 heavy (non-hydrogen) atoms. The van der Waals surface area contributed by atoms with Crippen LogP contribution in [0.15, 0.2) is 29.4 Å². The number of aromatic amines is 1. The lowest BCUT2D eigenvalue weighted by molar-refractivity contribution is 0.0526. The molecule has 0 aliphatic heterocycles. The van der Waals surface area contributed by atoms with Crippen molar-refractivity contribution in [2.75, 3.05) is 19.1 Å². The molecular weight excluding hydrogens is 284 g/mol. The molecule has 7 heteroatoms. The number of nitrogens with zero attached hydrogens (tertiary/aromatic N) is 2. The number of anilines is 1. The standard InChI is InChI=1S/C15H18N4O3/c1-4-22-15(20)13-10(2)17-19-14(13)18-16-9-11-5-7-12(21-3)8-6-11/h5-9H,4H2,1-3H3,(H2,17,18,19)/b16-9+. The molecule has 0 bridgehead atoms. The van der Waals surface area contributed by atoms with E-state index in [4.69, 9.17) is 9.47 Å². The second-order valence-electron chi connectivity index (χ2n) is 4.44. The molecule has 0 fully saturated rings. The van der Waals surface area contributed by atoms with Crippen LogP contribution in [0.3, 0.4) is 0 Å². The van der Waals surface area contributed by atoms with E-state index in [0.717, 1.165) is 11.3 Å². The van der Waals surface area contributed by atoms with Crippen LogP contribution in [0.25, 0.3) is 0 Å². The minimum atomic E-state index is -0.434. The molecule has 0 amide bonds. The number of ether oxygens (including phenoxy) is 2. The molecule has 1 heterocycles. The van der Waals surface area contributed by atoms with Gasteiger partial charge in [-0.15, -0.1) is 0 Å². The molecule has 0 unspecified atom stereocenters. The van der Waals surface area contributed by atoms with E-state index < -0.39 is 5.97 Å². The van der Waals surface area contributed by atoms with Gasteiger partial charge in [-0.25, -0.2) is 4.79 Å². The number of aryl methyl sites for hydroxylation is 1. The summed E-state index contributed by atoms with van der Waals surface area (Å²) >= 11 is 0. The molecule has 0 atom stereocenters. The number of hydrogen-bond donors (Lipinski definition) is 2. The summed E-state index contributed by atoms with van der Waals surface area (Å²) in [6, 6.07) is 7.41. The molecule has 2 N–H and O–H groups in total. The number of esters is 1. The summed E-state index contributed by atoms with van der Waals surface area (Å²) in [6.45, 7) is 3.80. The van der Waals surface area contributed by atoms with Crippen molar-refractivity contribution >= 4 is 18.0 Å². The zero-order valence-corrected chi connectivity index (χ0v) is 12.7. The van der Waals surface area contributed by atoms with Crippen LogP contribution in [0.5, 0.6) is 5.75 Å². The van der Waals surface area contributed by atoms with Gasteiger partial charge in [0.1, 0.15) is 11.3 Å². The van der Waals surface area contributed by atoms with Crippen LogP contribution >= 0.6 is 0 Å². The quantitative estimate of drug-likeness (QED) is 0.486. The highest BCUT2D eigenvalue weighted by atomic mass is 16.5. The van der Waals surface area contributed by atoms with Crippen LogP contribution in [0.2, 0.25) is 0 Å². The molecule has 2 aromatic rings. The molecule has 1 aromatic heterocycles. The van der Waals surface area contributed by atoms with E-state index in [1.54, 1.807) is 27.2 Å². The Morgan fingerprint density at radius 1 is 1.41 bits per heavy atom. The van der Waals surface area contributed by atoms with Crippen LogP contribution < -0.4 is 10.2 Å². The molecular formula is C15H18N4O3. The summed E-state index contributed by atoms with van der Waals surface area (Å²) in [7, 11) is 1.61. The first-order chi connectivity index (χ1) is 10.7. The Morgan fingerprint density at radius 3 is 2.77 bits per heavy atom. The average Bonchev–Trinajstić information content (AvgIpc) is 2.89. The molecule has 116 valence electrons. The highest BCUT2D eigenvalue weighted by molar-refractivity contribution is 5.96. The fourth-order valence-electron chi connectivity index (χ4n) is 1.82. The van der Waals surface area contributed by atoms with Crippen LogP contribution in [0.1, 0.15) is 28.5 Å². The second-order valence-corrected chi connectivity index (χ2v) is 4.44. The number of benzene rings is 1. The maximum atomic E-state index is 11.9. The van der Waals surface area contributed by atoms with E-state index in [2.05, 4.69) is 20.7 Å². The first kappa shape index (κ1) is 15.6. The van der Waals surface area contributed by atoms with Gasteiger partial charge in [-0.3, -0.25) is 10.5 Å². The molecule has 0 spiro atoms. The Bertz CT molecular complexity index is 662. The first-order valence-corrected chi connectivity index (χ1v) is 6.81. The molecule has 2 rings (SSSR count). The average molecular weight is 302 g/mol. The fourth-order valence-corrected chi connectivity index (χ4v) is 1.82. The van der Waals surface area contributed by atoms with Gasteiger partial charge in [-0.05, 0) is 43.7 Å². The van der Waals surface area contributed by atoms with Gasteiger partial charge in [0.05, 0.1) is 19.9 Å². The minimum Gasteiger partial charge on any atom is -0.497 e. The number of rotatable bonds is 6. The van der Waals surface area contributed by atoms with E-state index in [-0.39, 0.29) is 0 Å². The fraction of sp³-hybridized carbons (Fsp3) is 0.267. The van der Waals surface area contributed by atoms with Crippen LogP contribution in [0, 0.1) is 6.92 Å². The monoisotopic (exact) mass is 302 g/mol. The van der Waals surface area contributed by atoms with E-state index >= 15 is 0 Å². The lowest BCUT2D eigenvalue weighted by Gasteiger charge is -2.03. The summed E-state index contributed by atoms with van der Waals surface area (Å²) in [5.74, 6) is 0.675. The predicted octanol–water partition coefficient (Wildman–Crippen LogP) is 2.35. The van der Waals surface area contributed by atoms with Crippen LogP contribution in [-0.4, -0.2) is 36.1 Å². The Balaban J connectivity index is 2.07. The molecule has 7 nitrogen and oxygen atoms in total. The highest BCUT2D eigenvalue weighted by Gasteiger charge is 2.18. The van der Waals surface area contributed by atoms with Crippen molar-refractivity contribution in [3.63, 3.8) is 0 Å². The van der Waals surface area contributed by atoms with Gasteiger partial charge in [0.25, 0.3) is 0 Å². The third kappa shape index (κ3) is 3.63. The summed E-state index contributed by atoms with van der Waals surface area (Å²) in [4.78, 5) is 11.9. The summed E-state index contributed by atoms with van der Waals surface area (Å²) in [6.07, 6.45) is 1.62. The van der Waals surface area contributed by atoms with Gasteiger partial charge in [-0.2, -0.15) is 10.2 Å². The normalized spacial score (nSPS) is 10.7. The number of carbonyl (C=O) groups excluding carboxylic acids is 1. The lowest BCUT2D eigenvalue weighted by Crippen LogP contribution is -2.08. The lowest BCUT2D eigenvalue weighted by atomic mass is 10.2. The maximum Gasteiger partial charge on any atom is 0.343 e. The number of methoxy groups -OCH3 is 1. The summed E-state index contributed by atoms with van der Waals surface area (Å²) in [5, 5.41) is 10.8. The SMILES string of the molecule is CCOC(=O)c1c(N/N=C/c2ccc(OC)cc2)n[nH]c1C. The van der Waals surface area contributed by atoms with Crippen molar-refractivity contribution in [3.05, 3.63) is 41.1 Å². The third-order valence-electron chi connectivity index (χ3n) is 2.93. The van der Waals surface area contributed by atoms with Gasteiger partial charge >= 0.3 is 5.97 Å². The molecule has 0 aliphatic rings. The number of hydrogen-bond acceptors (Lipinski definition) is 6. The Kier molecular flexibility index (Phi) is 5.13. The van der Waals surface area contributed by atoms with E-state index in [0.29, 0.717) is 23.7 Å². The number of aromatic nitrogens is 2. The van der Waals surface area contributed by atoms with Crippen LogP contribution in [0.4, 0.5) is 5.82 Å². The number of H-pyrrole nitrogens is 1. The second kappa shape index (κ2) is 7.26. The summed E-state index contributed by atoms with van der Waals surface area (Å²) < 4.78 is 10.1. The Labute approximate surface area is 128 Å². The van der Waals surface area contributed by atoms with E-state index in [9.17, 15) is 4.79 Å². The highest BCUT2D eigenvalue weighted by Crippen LogP contribution is 2.17. The van der Waals surface area contributed by atoms with Crippen LogP contribution in [-0.2, 0) is 4.74 Å². The van der Waals surface area contributed by atoms with Gasteiger partial charge < -0.3 is 9.47 Å². The Hall–Kier alpha value is -2.83. The molecule has 0 aliphatic carbocycles. The summed E-state index contributed by atoms with van der Waals surface area (Å²) in [5.41, 5.74) is 4.61. The molecule has 1 aromatic carbocycles. The molecule has 0 radical (unpaired) electrons. The van der Waals surface area contributed by atoms with Crippen molar-refractivity contribution in [2.45, 2.75) is 13.8 Å². The predicted molar refractivity (Wildman–Crippen MR) is 83.5 cm³/mol. The maximum absolute atomic E-state index is 11.9. The topological polar surface area (TPSA) is 88.6 Å². The van der Waals surface area contributed by atoms with Gasteiger partial charge in [0.2, 0.25) is 0 Å².